The monoisotopic (exact) mass is 1920 g/mol. The number of nitrogens with one attached hydrogen (secondary N) is 1. The Morgan fingerprint density at radius 2 is 0.647 bits per heavy atom. The minimum absolute atomic E-state index is 0.0648. The first-order chi connectivity index (χ1) is 67.9. The standard InChI is InChI=1S/C30H26ClN5O2.C28H24ClN5O2.C27H27ClN4O.C26H25ClN4O/c31-25-10-6-22(7-11-25)29-26(36-19-24(8-12-27(36)33-29)21-4-2-1-3-5-21)20-34-14-16-35(17-15-34)30(38)23-9-13-28(37)32-18-23;29-23-9-6-21(7-10-23)27-25(17-32-12-14-33(15-13-32)28(35)24-18-36-19-30-24)34-16-22(8-11-26(34)31-27)20-4-2-1-3-5-20;1-20(33)31-15-5-14-30(16-17-31)19-25-27(22-8-11-24(28)12-9-22)29-26-13-10-23(18-32(25)26)21-6-3-2-4-7-21;1-29-15-16-30(14-13-25(29)32)18-23-26(20-7-10-22(27)11-8-20)28-24-12-9-21(17-31(23)24)19-5-3-2-4-6-19/h1-13,18-19H,14-17,20H2,(H,32,37);1-11,16,18-19H,12-15,17H2;2-4,6-13,18H,5,14-17,19H2,1H3;2-12,17H,13-16,18H2,1H3. The lowest BCUT2D eigenvalue weighted by molar-refractivity contribution is -0.129. The average Bonchev–Trinajstić information content (AvgIpc) is 1.64. The summed E-state index contributed by atoms with van der Waals surface area (Å²) in [5.74, 6) is 0.202. The molecule has 22 rings (SSSR count). The van der Waals surface area contributed by atoms with Crippen molar-refractivity contribution in [3.8, 4) is 89.5 Å². The van der Waals surface area contributed by atoms with Crippen LogP contribution >= 0.6 is 46.4 Å². The highest BCUT2D eigenvalue weighted by Gasteiger charge is 2.31. The molecule has 0 unspecified atom stereocenters. The number of pyridine rings is 5. The number of H-pyrrole nitrogens is 1. The number of halogens is 4. The van der Waals surface area contributed by atoms with Gasteiger partial charge in [-0.05, 0) is 154 Å². The molecule has 0 aliphatic carbocycles. The highest BCUT2D eigenvalue weighted by atomic mass is 35.5. The summed E-state index contributed by atoms with van der Waals surface area (Å²) in [6.07, 6.45) is 14.4. The second-order valence-electron chi connectivity index (χ2n) is 35.1. The molecule has 24 nitrogen and oxygen atoms in total. The molecule has 18 aromatic rings. The lowest BCUT2D eigenvalue weighted by atomic mass is 10.1. The predicted octanol–water partition coefficient (Wildman–Crippen LogP) is 20.6. The molecule has 4 aliphatic heterocycles. The van der Waals surface area contributed by atoms with Crippen LogP contribution in [0.3, 0.4) is 0 Å². The minimum Gasteiger partial charge on any atom is -0.451 e. The van der Waals surface area contributed by atoms with Crippen molar-refractivity contribution >= 4 is 92.6 Å². The molecule has 1 N–H and O–H groups in total. The Labute approximate surface area is 825 Å². The van der Waals surface area contributed by atoms with Gasteiger partial charge < -0.3 is 46.6 Å². The number of hydrogen-bond acceptors (Lipinski definition) is 15. The van der Waals surface area contributed by atoms with E-state index >= 15 is 0 Å². The quantitative estimate of drug-likeness (QED) is 0.0844. The molecule has 4 fully saturated rings. The van der Waals surface area contributed by atoms with Crippen LogP contribution < -0.4 is 5.56 Å². The molecule has 0 bridgehead atoms. The molecule has 10 aromatic heterocycles. The molecular formula is C111H102Cl4N18O6. The molecule has 28 heteroatoms. The van der Waals surface area contributed by atoms with Crippen LogP contribution in [0.25, 0.3) is 112 Å². The lowest BCUT2D eigenvalue weighted by Gasteiger charge is -2.34. The van der Waals surface area contributed by atoms with Gasteiger partial charge in [-0.15, -0.1) is 0 Å². The first-order valence-electron chi connectivity index (χ1n) is 46.7. The summed E-state index contributed by atoms with van der Waals surface area (Å²) >= 11 is 24.6. The summed E-state index contributed by atoms with van der Waals surface area (Å²) in [6.45, 7) is 15.7. The van der Waals surface area contributed by atoms with Crippen molar-refractivity contribution in [2.45, 2.75) is 45.9 Å². The molecule has 0 spiro atoms. The zero-order valence-electron chi connectivity index (χ0n) is 77.0. The topological polar surface area (TPSA) is 222 Å². The highest BCUT2D eigenvalue weighted by Crippen LogP contribution is 2.37. The van der Waals surface area contributed by atoms with Crippen molar-refractivity contribution in [1.82, 2.24) is 86.7 Å². The Morgan fingerprint density at radius 3 is 0.971 bits per heavy atom. The molecule has 0 atom stereocenters. The normalized spacial score (nSPS) is 14.7. The van der Waals surface area contributed by atoms with Gasteiger partial charge in [-0.25, -0.2) is 24.9 Å². The van der Waals surface area contributed by atoms with Crippen molar-refractivity contribution < 1.29 is 23.6 Å². The Morgan fingerprint density at radius 1 is 0.331 bits per heavy atom. The molecule has 0 saturated carbocycles. The van der Waals surface area contributed by atoms with E-state index < -0.39 is 0 Å². The Balaban J connectivity index is 0.000000118. The van der Waals surface area contributed by atoms with E-state index in [2.05, 4.69) is 193 Å². The zero-order valence-corrected chi connectivity index (χ0v) is 80.0. The summed E-state index contributed by atoms with van der Waals surface area (Å²) in [7, 11) is 1.88. The second-order valence-corrected chi connectivity index (χ2v) is 36.9. The van der Waals surface area contributed by atoms with Gasteiger partial charge in [-0.2, -0.15) is 0 Å². The van der Waals surface area contributed by atoms with Crippen LogP contribution in [-0.2, 0) is 35.8 Å². The third-order valence-electron chi connectivity index (χ3n) is 26.1. The Bertz CT molecular complexity index is 7400. The first kappa shape index (κ1) is 93.6. The molecule has 0 radical (unpaired) electrons. The molecule has 14 heterocycles. The summed E-state index contributed by atoms with van der Waals surface area (Å²) in [5.41, 5.74) is 25.9. The van der Waals surface area contributed by atoms with Crippen molar-refractivity contribution in [1.29, 1.82) is 0 Å². The Hall–Kier alpha value is -14.4. The van der Waals surface area contributed by atoms with Gasteiger partial charge in [0.25, 0.3) is 11.8 Å². The zero-order chi connectivity index (χ0) is 95.4. The van der Waals surface area contributed by atoms with Crippen molar-refractivity contribution in [2.75, 3.05) is 105 Å². The van der Waals surface area contributed by atoms with E-state index in [1.54, 1.807) is 13.0 Å². The molecule has 4 amide bonds. The number of aromatic nitrogens is 10. The number of amides is 4. The number of likely N-dealkylation sites (N-methyl/N-ethyl adjacent to an activating group) is 1. The third-order valence-corrected chi connectivity index (χ3v) is 27.1. The van der Waals surface area contributed by atoms with Gasteiger partial charge in [0.05, 0.1) is 51.1 Å². The van der Waals surface area contributed by atoms with Crippen LogP contribution in [0.1, 0.15) is 63.4 Å². The molecule has 700 valence electrons. The Kier molecular flexibility index (Phi) is 29.0. The van der Waals surface area contributed by atoms with Gasteiger partial charge >= 0.3 is 0 Å². The number of carbonyl (C=O) groups excluding carboxylic acids is 4. The lowest BCUT2D eigenvalue weighted by Crippen LogP contribution is -2.48. The second kappa shape index (κ2) is 43.1. The fourth-order valence-corrected chi connectivity index (χ4v) is 18.9. The van der Waals surface area contributed by atoms with Gasteiger partial charge in [0.1, 0.15) is 28.9 Å². The third kappa shape index (κ3) is 22.1. The summed E-state index contributed by atoms with van der Waals surface area (Å²) in [4.78, 5) is 104. The van der Waals surface area contributed by atoms with E-state index in [4.69, 9.17) is 70.8 Å². The van der Waals surface area contributed by atoms with Crippen molar-refractivity contribution in [3.63, 3.8) is 0 Å². The van der Waals surface area contributed by atoms with E-state index in [1.165, 1.54) is 36.0 Å². The van der Waals surface area contributed by atoms with Crippen molar-refractivity contribution in [3.05, 3.63) is 387 Å². The van der Waals surface area contributed by atoms with Gasteiger partial charge in [-0.1, -0.05) is 216 Å². The predicted molar refractivity (Wildman–Crippen MR) is 550 cm³/mol. The number of nitrogens with zero attached hydrogens (tertiary/aromatic N) is 17. The van der Waals surface area contributed by atoms with E-state index in [0.29, 0.717) is 77.0 Å². The maximum absolute atomic E-state index is 12.9. The van der Waals surface area contributed by atoms with E-state index in [9.17, 15) is 24.0 Å². The molecule has 139 heavy (non-hydrogen) atoms. The van der Waals surface area contributed by atoms with Gasteiger partial charge in [-0.3, -0.25) is 43.6 Å². The number of imidazole rings is 4. The first-order valence-corrected chi connectivity index (χ1v) is 48.2. The molecular weight excluding hydrogens is 1820 g/mol. The highest BCUT2D eigenvalue weighted by molar-refractivity contribution is 6.31. The SMILES string of the molecule is CC(=O)N1CCCN(Cc2c(-c3ccc(Cl)cc3)nc3ccc(-c4ccccc4)cn23)CC1.CN1CCN(Cc2c(-c3ccc(Cl)cc3)nc3ccc(-c4ccccc4)cn23)CCC1=O.O=C(c1ccc(=O)[nH]c1)N1CCN(Cc2c(-c3ccc(Cl)cc3)nc3ccc(-c4ccccc4)cn23)CC1.O=C(c1cocn1)N1CCN(Cc2c(-c3ccc(Cl)cc3)nc3ccc(-c4ccccc4)cn23)CC1. The maximum atomic E-state index is 12.9. The number of carbonyl (C=O) groups is 4. The molecule has 4 saturated heterocycles. The van der Waals surface area contributed by atoms with Gasteiger partial charge in [0, 0.05) is 224 Å². The number of fused-ring (bicyclic) bond motifs is 4. The smallest absolute Gasteiger partial charge is 0.275 e. The number of piperazine rings is 2. The number of rotatable bonds is 18. The van der Waals surface area contributed by atoms with Crippen LogP contribution in [-0.4, -0.2) is 216 Å². The molecule has 8 aromatic carbocycles. The average molecular weight is 1930 g/mol. The fraction of sp³-hybridized carbons (Fsp3) is 0.207. The summed E-state index contributed by atoms with van der Waals surface area (Å²) in [5, 5.41) is 2.81. The van der Waals surface area contributed by atoms with Crippen LogP contribution in [0, 0.1) is 0 Å². The van der Waals surface area contributed by atoms with E-state index in [1.807, 2.05) is 172 Å². The van der Waals surface area contributed by atoms with E-state index in [-0.39, 0.29) is 29.2 Å². The van der Waals surface area contributed by atoms with Gasteiger partial charge in [0.15, 0.2) is 12.1 Å². The van der Waals surface area contributed by atoms with Gasteiger partial charge in [0.2, 0.25) is 17.4 Å². The van der Waals surface area contributed by atoms with E-state index in [0.717, 1.165) is 215 Å². The largest absolute Gasteiger partial charge is 0.451 e. The van der Waals surface area contributed by atoms with Crippen LogP contribution in [0.2, 0.25) is 20.1 Å². The fourth-order valence-electron chi connectivity index (χ4n) is 18.4. The van der Waals surface area contributed by atoms with Crippen LogP contribution in [0.5, 0.6) is 0 Å². The maximum Gasteiger partial charge on any atom is 0.275 e. The number of oxazole rings is 1. The molecule has 4 aliphatic rings. The number of aromatic amines is 1. The van der Waals surface area contributed by atoms with Crippen LogP contribution in [0.15, 0.2) is 332 Å². The number of benzene rings is 8. The number of hydrogen-bond donors (Lipinski definition) is 1. The minimum atomic E-state index is -0.216. The van der Waals surface area contributed by atoms with Crippen LogP contribution in [0.4, 0.5) is 0 Å². The summed E-state index contributed by atoms with van der Waals surface area (Å²) < 4.78 is 13.8. The summed E-state index contributed by atoms with van der Waals surface area (Å²) in [6, 6.07) is 92.5. The van der Waals surface area contributed by atoms with Crippen molar-refractivity contribution in [2.24, 2.45) is 0 Å².